The van der Waals surface area contributed by atoms with E-state index in [0.717, 1.165) is 11.3 Å². The van der Waals surface area contributed by atoms with Gasteiger partial charge in [-0.2, -0.15) is 0 Å². The topological polar surface area (TPSA) is 64.4 Å². The van der Waals surface area contributed by atoms with Gasteiger partial charge in [0.15, 0.2) is 5.69 Å². The zero-order chi connectivity index (χ0) is 13.8. The molecule has 5 heteroatoms. The Kier molecular flexibility index (Phi) is 3.85. The molecule has 19 heavy (non-hydrogen) atoms. The minimum absolute atomic E-state index is 0.115. The highest BCUT2D eigenvalue weighted by Gasteiger charge is 2.14. The van der Waals surface area contributed by atoms with Crippen molar-refractivity contribution in [3.05, 3.63) is 47.3 Å². The lowest BCUT2D eigenvalue weighted by Crippen LogP contribution is -2.26. The number of nitrogens with one attached hydrogen (secondary N) is 1. The maximum Gasteiger partial charge on any atom is 0.273 e. The molecule has 0 bridgehead atoms. The summed E-state index contributed by atoms with van der Waals surface area (Å²) in [6, 6.07) is 9.04. The lowest BCUT2D eigenvalue weighted by Gasteiger charge is -2.13. The van der Waals surface area contributed by atoms with Gasteiger partial charge in [-0.15, -0.1) is 0 Å². The number of hydrogen-bond acceptors (Lipinski definition) is 4. The van der Waals surface area contributed by atoms with Crippen LogP contribution in [0.25, 0.3) is 0 Å². The summed E-state index contributed by atoms with van der Waals surface area (Å²) in [7, 11) is 1.62. The average molecular weight is 260 g/mol. The molecule has 0 saturated heterocycles. The third-order valence-electron chi connectivity index (χ3n) is 2.82. The summed E-state index contributed by atoms with van der Waals surface area (Å²) in [5.74, 6) is 1.15. The smallest absolute Gasteiger partial charge is 0.273 e. The second kappa shape index (κ2) is 5.56. The molecule has 0 aliphatic rings. The summed E-state index contributed by atoms with van der Waals surface area (Å²) in [6.45, 7) is 3.66. The predicted molar refractivity (Wildman–Crippen MR) is 70.1 cm³/mol. The second-order valence-electron chi connectivity index (χ2n) is 4.29. The highest BCUT2D eigenvalue weighted by Crippen LogP contribution is 2.17. The van der Waals surface area contributed by atoms with Crippen molar-refractivity contribution in [3.8, 4) is 5.75 Å². The van der Waals surface area contributed by atoms with Crippen molar-refractivity contribution in [2.45, 2.75) is 19.9 Å². The molecule has 0 radical (unpaired) electrons. The monoisotopic (exact) mass is 260 g/mol. The van der Waals surface area contributed by atoms with Gasteiger partial charge in [0, 0.05) is 6.07 Å². The highest BCUT2D eigenvalue weighted by atomic mass is 16.5. The average Bonchev–Trinajstić information content (AvgIpc) is 2.85. The van der Waals surface area contributed by atoms with Gasteiger partial charge in [0.2, 0.25) is 0 Å². The number of amides is 1. The molecule has 1 atom stereocenters. The Morgan fingerprint density at radius 3 is 2.58 bits per heavy atom. The number of carbonyl (C=O) groups is 1. The first-order valence-corrected chi connectivity index (χ1v) is 5.98. The van der Waals surface area contributed by atoms with E-state index < -0.39 is 0 Å². The molecular weight excluding hydrogens is 244 g/mol. The number of nitrogens with zero attached hydrogens (tertiary/aromatic N) is 1. The van der Waals surface area contributed by atoms with E-state index in [-0.39, 0.29) is 17.6 Å². The number of hydrogen-bond donors (Lipinski definition) is 1. The van der Waals surface area contributed by atoms with Crippen molar-refractivity contribution in [2.75, 3.05) is 7.11 Å². The van der Waals surface area contributed by atoms with Gasteiger partial charge in [0.1, 0.15) is 11.5 Å². The number of carbonyl (C=O) groups excluding carboxylic acids is 1. The molecule has 5 nitrogen and oxygen atoms in total. The molecule has 0 spiro atoms. The number of aromatic nitrogens is 1. The number of rotatable bonds is 4. The highest BCUT2D eigenvalue weighted by molar-refractivity contribution is 5.92. The SMILES string of the molecule is COc1ccc([C@H](C)NC(=O)c2cc(C)on2)cc1. The molecule has 0 unspecified atom stereocenters. The fraction of sp³-hybridized carbons (Fsp3) is 0.286. The van der Waals surface area contributed by atoms with Crippen LogP contribution in [0.2, 0.25) is 0 Å². The van der Waals surface area contributed by atoms with Crippen LogP contribution in [0, 0.1) is 6.92 Å². The van der Waals surface area contributed by atoms with Gasteiger partial charge < -0.3 is 14.6 Å². The van der Waals surface area contributed by atoms with Crippen LogP contribution < -0.4 is 10.1 Å². The van der Waals surface area contributed by atoms with Crippen LogP contribution in [0.1, 0.15) is 34.8 Å². The maximum absolute atomic E-state index is 11.9. The van der Waals surface area contributed by atoms with Crippen molar-refractivity contribution in [1.29, 1.82) is 0 Å². The van der Waals surface area contributed by atoms with E-state index in [9.17, 15) is 4.79 Å². The Bertz CT molecular complexity index is 560. The van der Waals surface area contributed by atoms with Gasteiger partial charge in [-0.05, 0) is 31.5 Å². The van der Waals surface area contributed by atoms with E-state index in [0.29, 0.717) is 5.76 Å². The molecule has 2 aromatic rings. The van der Waals surface area contributed by atoms with Crippen molar-refractivity contribution in [3.63, 3.8) is 0 Å². The third kappa shape index (κ3) is 3.13. The summed E-state index contributed by atoms with van der Waals surface area (Å²) < 4.78 is 9.97. The molecule has 0 fully saturated rings. The van der Waals surface area contributed by atoms with Crippen LogP contribution in [0.5, 0.6) is 5.75 Å². The quantitative estimate of drug-likeness (QED) is 0.917. The molecule has 2 rings (SSSR count). The molecule has 0 aliphatic heterocycles. The Morgan fingerprint density at radius 1 is 1.37 bits per heavy atom. The van der Waals surface area contributed by atoms with Gasteiger partial charge in [0.25, 0.3) is 5.91 Å². The minimum Gasteiger partial charge on any atom is -0.497 e. The molecular formula is C14H16N2O3. The molecule has 0 aliphatic carbocycles. The van der Waals surface area contributed by atoms with Crippen LogP contribution in [0.4, 0.5) is 0 Å². The van der Waals surface area contributed by atoms with E-state index >= 15 is 0 Å². The van der Waals surface area contributed by atoms with Gasteiger partial charge >= 0.3 is 0 Å². The molecule has 1 aromatic carbocycles. The lowest BCUT2D eigenvalue weighted by molar-refractivity contribution is 0.0930. The van der Waals surface area contributed by atoms with Gasteiger partial charge in [0.05, 0.1) is 13.2 Å². The predicted octanol–water partition coefficient (Wildman–Crippen LogP) is 2.48. The van der Waals surface area contributed by atoms with Crippen LogP contribution in [0.3, 0.4) is 0 Å². The summed E-state index contributed by atoms with van der Waals surface area (Å²) in [5, 5.41) is 6.54. The number of ether oxygens (including phenoxy) is 1. The van der Waals surface area contributed by atoms with Crippen molar-refractivity contribution in [2.24, 2.45) is 0 Å². The normalized spacial score (nSPS) is 11.9. The molecule has 1 aromatic heterocycles. The first kappa shape index (κ1) is 13.1. The minimum atomic E-state index is -0.250. The third-order valence-corrected chi connectivity index (χ3v) is 2.82. The summed E-state index contributed by atoms with van der Waals surface area (Å²) in [6.07, 6.45) is 0. The van der Waals surface area contributed by atoms with Crippen LogP contribution >= 0.6 is 0 Å². The standard InChI is InChI=1S/C14H16N2O3/c1-9-8-13(16-19-9)14(17)15-10(2)11-4-6-12(18-3)7-5-11/h4-8,10H,1-3H3,(H,15,17)/t10-/m0/s1. The summed E-state index contributed by atoms with van der Waals surface area (Å²) >= 11 is 0. The number of benzene rings is 1. The van der Waals surface area contributed by atoms with Crippen molar-refractivity contribution in [1.82, 2.24) is 10.5 Å². The van der Waals surface area contributed by atoms with Gasteiger partial charge in [-0.1, -0.05) is 17.3 Å². The Labute approximate surface area is 111 Å². The van der Waals surface area contributed by atoms with Crippen LogP contribution in [-0.2, 0) is 0 Å². The molecule has 1 heterocycles. The molecule has 1 N–H and O–H groups in total. The lowest BCUT2D eigenvalue weighted by atomic mass is 10.1. The fourth-order valence-corrected chi connectivity index (χ4v) is 1.72. The number of aryl methyl sites for hydroxylation is 1. The van der Waals surface area contributed by atoms with Crippen LogP contribution in [0.15, 0.2) is 34.9 Å². The fourth-order valence-electron chi connectivity index (χ4n) is 1.72. The van der Waals surface area contributed by atoms with Crippen molar-refractivity contribution >= 4 is 5.91 Å². The molecule has 100 valence electrons. The van der Waals surface area contributed by atoms with E-state index in [4.69, 9.17) is 9.26 Å². The second-order valence-corrected chi connectivity index (χ2v) is 4.29. The largest absolute Gasteiger partial charge is 0.497 e. The molecule has 1 amide bonds. The Balaban J connectivity index is 2.03. The number of methoxy groups -OCH3 is 1. The summed E-state index contributed by atoms with van der Waals surface area (Å²) in [4.78, 5) is 11.9. The Morgan fingerprint density at radius 2 is 2.05 bits per heavy atom. The maximum atomic E-state index is 11.9. The van der Waals surface area contributed by atoms with Crippen molar-refractivity contribution < 1.29 is 14.1 Å². The van der Waals surface area contributed by atoms with E-state index in [1.165, 1.54) is 0 Å². The van der Waals surface area contributed by atoms with Gasteiger partial charge in [-0.3, -0.25) is 4.79 Å². The summed E-state index contributed by atoms with van der Waals surface area (Å²) in [5.41, 5.74) is 1.28. The van der Waals surface area contributed by atoms with E-state index in [1.807, 2.05) is 31.2 Å². The zero-order valence-electron chi connectivity index (χ0n) is 11.1. The molecule has 0 saturated carbocycles. The Hall–Kier alpha value is -2.30. The first-order valence-electron chi connectivity index (χ1n) is 5.98. The first-order chi connectivity index (χ1) is 9.10. The van der Waals surface area contributed by atoms with Crippen LogP contribution in [-0.4, -0.2) is 18.2 Å². The zero-order valence-corrected chi connectivity index (χ0v) is 11.1. The van der Waals surface area contributed by atoms with E-state index in [2.05, 4.69) is 10.5 Å². The van der Waals surface area contributed by atoms with Gasteiger partial charge in [-0.25, -0.2) is 0 Å². The van der Waals surface area contributed by atoms with E-state index in [1.54, 1.807) is 20.1 Å².